The summed E-state index contributed by atoms with van der Waals surface area (Å²) in [6.07, 6.45) is 5.66. The van der Waals surface area contributed by atoms with E-state index in [1.807, 2.05) is 55.5 Å². The number of hydrogen-bond donors (Lipinski definition) is 2. The highest BCUT2D eigenvalue weighted by molar-refractivity contribution is 6.01. The van der Waals surface area contributed by atoms with Crippen molar-refractivity contribution >= 4 is 34.1 Å². The Balaban J connectivity index is 1.39. The molecule has 1 aromatic heterocycles. The number of rotatable bonds is 9. The molecule has 4 rings (SSSR count). The van der Waals surface area contributed by atoms with Gasteiger partial charge in [0.05, 0.1) is 17.7 Å². The zero-order valence-corrected chi connectivity index (χ0v) is 19.6. The van der Waals surface area contributed by atoms with Gasteiger partial charge < -0.3 is 15.2 Å². The Morgan fingerprint density at radius 2 is 1.75 bits per heavy atom. The van der Waals surface area contributed by atoms with Gasteiger partial charge in [-0.2, -0.15) is 0 Å². The summed E-state index contributed by atoms with van der Waals surface area (Å²) >= 11 is 0. The van der Waals surface area contributed by atoms with Crippen molar-refractivity contribution in [2.24, 2.45) is 0 Å². The number of benzene rings is 3. The lowest BCUT2D eigenvalue weighted by molar-refractivity contribution is -0.115. The van der Waals surface area contributed by atoms with Crippen molar-refractivity contribution in [2.45, 2.75) is 19.8 Å². The second-order valence-electron chi connectivity index (χ2n) is 8.10. The second-order valence-corrected chi connectivity index (χ2v) is 8.10. The number of nitrogens with one attached hydrogen (secondary N) is 1. The fourth-order valence-electron chi connectivity index (χ4n) is 3.66. The highest BCUT2D eigenvalue weighted by Crippen LogP contribution is 2.26. The molecule has 7 nitrogen and oxygen atoms in total. The van der Waals surface area contributed by atoms with E-state index in [1.165, 1.54) is 6.07 Å². The van der Waals surface area contributed by atoms with Crippen LogP contribution in [0.3, 0.4) is 0 Å². The Kier molecular flexibility index (Phi) is 7.51. The highest BCUT2D eigenvalue weighted by atomic mass is 16.5. The van der Waals surface area contributed by atoms with E-state index in [0.29, 0.717) is 29.2 Å². The molecule has 2 N–H and O–H groups in total. The molecule has 3 aromatic carbocycles. The molecular weight excluding hydrogens is 456 g/mol. The van der Waals surface area contributed by atoms with Crippen LogP contribution < -0.4 is 10.1 Å². The van der Waals surface area contributed by atoms with Crippen LogP contribution in [0.1, 0.15) is 39.6 Å². The van der Waals surface area contributed by atoms with Gasteiger partial charge in [-0.05, 0) is 53.6 Å². The third kappa shape index (κ3) is 6.01. The first-order chi connectivity index (χ1) is 17.4. The number of ketones is 1. The van der Waals surface area contributed by atoms with E-state index in [0.717, 1.165) is 10.8 Å². The van der Waals surface area contributed by atoms with Crippen molar-refractivity contribution in [3.05, 3.63) is 108 Å². The molecule has 180 valence electrons. The number of carbonyl (C=O) groups excluding carboxylic acids is 2. The van der Waals surface area contributed by atoms with Gasteiger partial charge in [-0.25, -0.2) is 9.78 Å². The van der Waals surface area contributed by atoms with Crippen LogP contribution >= 0.6 is 0 Å². The molecule has 0 saturated carbocycles. The molecule has 1 amide bonds. The van der Waals surface area contributed by atoms with E-state index in [-0.39, 0.29) is 29.4 Å². The lowest BCUT2D eigenvalue weighted by Gasteiger charge is -2.09. The van der Waals surface area contributed by atoms with E-state index in [1.54, 1.807) is 36.5 Å². The molecular formula is C29H24N2O5. The quantitative estimate of drug-likeness (QED) is 0.223. The first-order valence-electron chi connectivity index (χ1n) is 11.4. The fraction of sp³-hybridized carbons (Fsp3) is 0.103. The Labute approximate surface area is 208 Å². The first-order valence-corrected chi connectivity index (χ1v) is 11.4. The zero-order chi connectivity index (χ0) is 25.5. The predicted octanol–water partition coefficient (Wildman–Crippen LogP) is 6.06. The summed E-state index contributed by atoms with van der Waals surface area (Å²) in [6, 6.07) is 20.8. The molecule has 0 saturated heterocycles. The van der Waals surface area contributed by atoms with Crippen LogP contribution in [0.25, 0.3) is 10.8 Å². The van der Waals surface area contributed by atoms with Crippen LogP contribution in [0.15, 0.2) is 91.1 Å². The van der Waals surface area contributed by atoms with E-state index in [9.17, 15) is 19.5 Å². The van der Waals surface area contributed by atoms with E-state index >= 15 is 0 Å². The van der Waals surface area contributed by atoms with E-state index in [4.69, 9.17) is 4.74 Å². The average Bonchev–Trinajstić information content (AvgIpc) is 2.88. The third-order valence-electron chi connectivity index (χ3n) is 5.49. The Bertz CT molecular complexity index is 1460. The van der Waals surface area contributed by atoms with Crippen LogP contribution in [0.5, 0.6) is 11.6 Å². The van der Waals surface area contributed by atoms with Crippen molar-refractivity contribution in [3.8, 4) is 11.6 Å². The number of aromatic carboxylic acids is 1. The number of nitrogens with zero attached hydrogens (tertiary/aromatic N) is 1. The maximum Gasteiger partial charge on any atom is 0.337 e. The molecule has 0 aliphatic rings. The Morgan fingerprint density at radius 1 is 0.972 bits per heavy atom. The number of allylic oxidation sites excluding steroid dienone is 2. The van der Waals surface area contributed by atoms with Crippen LogP contribution in [-0.2, 0) is 11.2 Å². The van der Waals surface area contributed by atoms with Gasteiger partial charge in [0.1, 0.15) is 5.75 Å². The van der Waals surface area contributed by atoms with Crippen LogP contribution in [0.2, 0.25) is 0 Å². The van der Waals surface area contributed by atoms with Crippen LogP contribution in [0, 0.1) is 0 Å². The minimum atomic E-state index is -1.11. The Hall–Kier alpha value is -4.78. The molecule has 0 atom stereocenters. The monoisotopic (exact) mass is 480 g/mol. The SMILES string of the molecule is C/C=C/CC(=O)c1ccc2cc(Oc3ccc(CC(=O)Nc4ccccc4C(=O)O)cn3)ccc2c1. The lowest BCUT2D eigenvalue weighted by Crippen LogP contribution is -2.16. The van der Waals surface area contributed by atoms with Crippen molar-refractivity contribution in [1.29, 1.82) is 0 Å². The van der Waals surface area contributed by atoms with E-state index < -0.39 is 5.97 Å². The summed E-state index contributed by atoms with van der Waals surface area (Å²) in [5.74, 6) is -0.426. The zero-order valence-electron chi connectivity index (χ0n) is 19.6. The molecule has 0 spiro atoms. The maximum absolute atomic E-state index is 12.4. The molecule has 0 bridgehead atoms. The van der Waals surface area contributed by atoms with Gasteiger partial charge in [0, 0.05) is 24.2 Å². The smallest absolute Gasteiger partial charge is 0.337 e. The van der Waals surface area contributed by atoms with Gasteiger partial charge in [0.15, 0.2) is 5.78 Å². The number of ether oxygens (including phenoxy) is 1. The standard InChI is InChI=1S/C29H24N2O5/c1-2-3-8-26(32)22-11-10-21-17-23(13-12-20(21)16-22)36-28-14-9-19(18-30-28)15-27(33)31-25-7-5-4-6-24(25)29(34)35/h2-7,9-14,16-18H,8,15H2,1H3,(H,31,33)(H,34,35)/b3-2+. The van der Waals surface area contributed by atoms with Gasteiger partial charge in [-0.3, -0.25) is 9.59 Å². The van der Waals surface area contributed by atoms with Crippen LogP contribution in [0.4, 0.5) is 5.69 Å². The second kappa shape index (κ2) is 11.1. The van der Waals surface area contributed by atoms with Gasteiger partial charge in [0.25, 0.3) is 0 Å². The number of aromatic nitrogens is 1. The first kappa shape index (κ1) is 24.3. The lowest BCUT2D eigenvalue weighted by atomic mass is 10.0. The average molecular weight is 481 g/mol. The number of anilines is 1. The summed E-state index contributed by atoms with van der Waals surface area (Å²) in [5, 5.41) is 13.8. The van der Waals surface area contributed by atoms with Crippen molar-refractivity contribution in [2.75, 3.05) is 5.32 Å². The summed E-state index contributed by atoms with van der Waals surface area (Å²) in [4.78, 5) is 40.2. The van der Waals surface area contributed by atoms with Crippen molar-refractivity contribution in [3.63, 3.8) is 0 Å². The molecule has 0 aliphatic heterocycles. The van der Waals surface area contributed by atoms with Crippen molar-refractivity contribution in [1.82, 2.24) is 4.98 Å². The van der Waals surface area contributed by atoms with Gasteiger partial charge in [-0.15, -0.1) is 0 Å². The number of carboxylic acid groups (broad SMARTS) is 1. The number of Topliss-reactive ketones (excluding diaryl/α,β-unsaturated/α-hetero) is 1. The number of carbonyl (C=O) groups is 3. The van der Waals surface area contributed by atoms with Gasteiger partial charge in [0.2, 0.25) is 11.8 Å². The summed E-state index contributed by atoms with van der Waals surface area (Å²) in [6.45, 7) is 1.89. The van der Waals surface area contributed by atoms with Gasteiger partial charge in [-0.1, -0.05) is 48.6 Å². The molecule has 1 heterocycles. The number of pyridine rings is 1. The Morgan fingerprint density at radius 3 is 2.50 bits per heavy atom. The number of fused-ring (bicyclic) bond motifs is 1. The normalized spacial score (nSPS) is 10.9. The largest absolute Gasteiger partial charge is 0.478 e. The number of carboxylic acids is 1. The number of hydrogen-bond acceptors (Lipinski definition) is 5. The molecule has 7 heteroatoms. The highest BCUT2D eigenvalue weighted by Gasteiger charge is 2.12. The summed E-state index contributed by atoms with van der Waals surface area (Å²) < 4.78 is 5.86. The molecule has 4 aromatic rings. The molecule has 0 fully saturated rings. The topological polar surface area (TPSA) is 106 Å². The van der Waals surface area contributed by atoms with Crippen LogP contribution in [-0.4, -0.2) is 27.8 Å². The van der Waals surface area contributed by atoms with E-state index in [2.05, 4.69) is 10.3 Å². The molecule has 0 aliphatic carbocycles. The minimum absolute atomic E-state index is 0.0274. The third-order valence-corrected chi connectivity index (χ3v) is 5.49. The summed E-state index contributed by atoms with van der Waals surface area (Å²) in [5.41, 5.74) is 1.59. The maximum atomic E-state index is 12.4. The number of amides is 1. The molecule has 0 unspecified atom stereocenters. The van der Waals surface area contributed by atoms with Gasteiger partial charge >= 0.3 is 5.97 Å². The predicted molar refractivity (Wildman–Crippen MR) is 138 cm³/mol. The van der Waals surface area contributed by atoms with Crippen molar-refractivity contribution < 1.29 is 24.2 Å². The molecule has 36 heavy (non-hydrogen) atoms. The number of para-hydroxylation sites is 1. The minimum Gasteiger partial charge on any atom is -0.478 e. The fourth-order valence-corrected chi connectivity index (χ4v) is 3.66. The molecule has 0 radical (unpaired) electrons. The summed E-state index contributed by atoms with van der Waals surface area (Å²) in [7, 11) is 0.